The quantitative estimate of drug-likeness (QED) is 0.340. The third-order valence-electron chi connectivity index (χ3n) is 5.14. The van der Waals surface area contributed by atoms with Crippen molar-refractivity contribution in [1.29, 1.82) is 0 Å². The third kappa shape index (κ3) is 4.88. The zero-order chi connectivity index (χ0) is 20.4. The SMILES string of the molecule is Clc1ccc(CSc2nnc(C3CCCCC3)n2-c2ccc(Cl)c(Cl)c2)cc1Cl. The summed E-state index contributed by atoms with van der Waals surface area (Å²) in [4.78, 5) is 0. The van der Waals surface area contributed by atoms with Crippen LogP contribution in [0.25, 0.3) is 5.69 Å². The van der Waals surface area contributed by atoms with Crippen LogP contribution in [0.2, 0.25) is 20.1 Å². The van der Waals surface area contributed by atoms with E-state index < -0.39 is 0 Å². The van der Waals surface area contributed by atoms with E-state index in [1.54, 1.807) is 11.8 Å². The summed E-state index contributed by atoms with van der Waals surface area (Å²) in [7, 11) is 0. The van der Waals surface area contributed by atoms with E-state index >= 15 is 0 Å². The molecule has 2 aromatic carbocycles. The van der Waals surface area contributed by atoms with Gasteiger partial charge in [-0.1, -0.05) is 83.5 Å². The van der Waals surface area contributed by atoms with Crippen LogP contribution in [0, 0.1) is 0 Å². The number of nitrogens with zero attached hydrogens (tertiary/aromatic N) is 3. The Labute approximate surface area is 194 Å². The summed E-state index contributed by atoms with van der Waals surface area (Å²) < 4.78 is 2.13. The van der Waals surface area contributed by atoms with Crippen LogP contribution in [0.4, 0.5) is 0 Å². The summed E-state index contributed by atoms with van der Waals surface area (Å²) in [5.41, 5.74) is 2.01. The lowest BCUT2D eigenvalue weighted by Gasteiger charge is -2.22. The molecule has 1 aromatic heterocycles. The molecular formula is C21H19Cl4N3S. The smallest absolute Gasteiger partial charge is 0.196 e. The third-order valence-corrected chi connectivity index (χ3v) is 7.62. The Bertz CT molecular complexity index is 1020. The normalized spacial score (nSPS) is 15.0. The molecule has 1 fully saturated rings. The van der Waals surface area contributed by atoms with Gasteiger partial charge in [-0.25, -0.2) is 0 Å². The maximum absolute atomic E-state index is 6.31. The van der Waals surface area contributed by atoms with E-state index in [4.69, 9.17) is 46.4 Å². The fourth-order valence-corrected chi connectivity index (χ4v) is 5.16. The fraction of sp³-hybridized carbons (Fsp3) is 0.333. The minimum Gasteiger partial charge on any atom is -0.274 e. The zero-order valence-corrected chi connectivity index (χ0v) is 19.4. The molecule has 4 rings (SSSR count). The van der Waals surface area contributed by atoms with Gasteiger partial charge < -0.3 is 0 Å². The monoisotopic (exact) mass is 485 g/mol. The van der Waals surface area contributed by atoms with Gasteiger partial charge in [0.05, 0.1) is 25.8 Å². The first-order valence-corrected chi connectivity index (χ1v) is 12.0. The molecule has 29 heavy (non-hydrogen) atoms. The van der Waals surface area contributed by atoms with E-state index in [0.29, 0.717) is 31.8 Å². The molecule has 0 spiro atoms. The number of hydrogen-bond acceptors (Lipinski definition) is 3. The lowest BCUT2D eigenvalue weighted by Crippen LogP contribution is -2.12. The van der Waals surface area contributed by atoms with Gasteiger partial charge in [-0.2, -0.15) is 0 Å². The lowest BCUT2D eigenvalue weighted by molar-refractivity contribution is 0.423. The Kier molecular flexibility index (Phi) is 6.98. The minimum absolute atomic E-state index is 0.407. The molecule has 1 heterocycles. The molecule has 152 valence electrons. The minimum atomic E-state index is 0.407. The second-order valence-corrected chi connectivity index (χ2v) is 9.72. The van der Waals surface area contributed by atoms with Gasteiger partial charge in [0.2, 0.25) is 0 Å². The van der Waals surface area contributed by atoms with E-state index in [1.807, 2.05) is 36.4 Å². The predicted molar refractivity (Wildman–Crippen MR) is 123 cm³/mol. The summed E-state index contributed by atoms with van der Waals surface area (Å²) in [6.07, 6.45) is 6.01. The maximum Gasteiger partial charge on any atom is 0.196 e. The Morgan fingerprint density at radius 2 is 1.52 bits per heavy atom. The van der Waals surface area contributed by atoms with Gasteiger partial charge in [0.15, 0.2) is 5.16 Å². The van der Waals surface area contributed by atoms with Crippen LogP contribution in [0.1, 0.15) is 49.4 Å². The number of thioether (sulfide) groups is 1. The largest absolute Gasteiger partial charge is 0.274 e. The van der Waals surface area contributed by atoms with E-state index in [0.717, 1.165) is 35.1 Å². The Hall–Kier alpha value is -0.910. The van der Waals surface area contributed by atoms with E-state index in [-0.39, 0.29) is 0 Å². The first kappa shape index (κ1) is 21.3. The van der Waals surface area contributed by atoms with Crippen molar-refractivity contribution >= 4 is 58.2 Å². The van der Waals surface area contributed by atoms with Crippen molar-refractivity contribution in [3.8, 4) is 5.69 Å². The van der Waals surface area contributed by atoms with Crippen molar-refractivity contribution in [2.45, 2.75) is 48.9 Å². The van der Waals surface area contributed by atoms with Gasteiger partial charge in [0, 0.05) is 11.7 Å². The van der Waals surface area contributed by atoms with Crippen molar-refractivity contribution in [3.05, 3.63) is 67.9 Å². The summed E-state index contributed by atoms with van der Waals surface area (Å²) in [6.45, 7) is 0. The molecule has 0 radical (unpaired) electrons. The van der Waals surface area contributed by atoms with Crippen LogP contribution in [0.3, 0.4) is 0 Å². The Morgan fingerprint density at radius 3 is 2.21 bits per heavy atom. The van der Waals surface area contributed by atoms with E-state index in [9.17, 15) is 0 Å². The fourth-order valence-electron chi connectivity index (χ4n) is 3.64. The molecular weight excluding hydrogens is 468 g/mol. The molecule has 0 saturated heterocycles. The van der Waals surface area contributed by atoms with Crippen LogP contribution in [0.5, 0.6) is 0 Å². The molecule has 0 bridgehead atoms. The topological polar surface area (TPSA) is 30.7 Å². The zero-order valence-electron chi connectivity index (χ0n) is 15.5. The number of hydrogen-bond donors (Lipinski definition) is 0. The second-order valence-electron chi connectivity index (χ2n) is 7.15. The van der Waals surface area contributed by atoms with Gasteiger partial charge in [-0.05, 0) is 48.7 Å². The second kappa shape index (κ2) is 9.49. The summed E-state index contributed by atoms with van der Waals surface area (Å²) >= 11 is 26.3. The number of aromatic nitrogens is 3. The van der Waals surface area contributed by atoms with Crippen LogP contribution in [0.15, 0.2) is 41.6 Å². The van der Waals surface area contributed by atoms with Gasteiger partial charge in [-0.3, -0.25) is 4.57 Å². The van der Waals surface area contributed by atoms with Crippen LogP contribution < -0.4 is 0 Å². The highest BCUT2D eigenvalue weighted by Gasteiger charge is 2.24. The van der Waals surface area contributed by atoms with Crippen molar-refractivity contribution in [3.63, 3.8) is 0 Å². The van der Waals surface area contributed by atoms with E-state index in [2.05, 4.69) is 14.8 Å². The lowest BCUT2D eigenvalue weighted by atomic mass is 9.88. The molecule has 0 amide bonds. The molecule has 0 N–H and O–H groups in total. The van der Waals surface area contributed by atoms with Gasteiger partial charge in [0.1, 0.15) is 5.82 Å². The molecule has 3 aromatic rings. The predicted octanol–water partition coefficient (Wildman–Crippen LogP) is 8.22. The molecule has 1 saturated carbocycles. The summed E-state index contributed by atoms with van der Waals surface area (Å²) in [5.74, 6) is 2.12. The van der Waals surface area contributed by atoms with Crippen molar-refractivity contribution < 1.29 is 0 Å². The Balaban J connectivity index is 1.67. The molecule has 1 aliphatic rings. The van der Waals surface area contributed by atoms with E-state index in [1.165, 1.54) is 19.3 Å². The molecule has 0 unspecified atom stereocenters. The highest BCUT2D eigenvalue weighted by molar-refractivity contribution is 7.98. The van der Waals surface area contributed by atoms with Crippen molar-refractivity contribution in [2.75, 3.05) is 0 Å². The van der Waals surface area contributed by atoms with Crippen LogP contribution in [-0.4, -0.2) is 14.8 Å². The number of benzene rings is 2. The van der Waals surface area contributed by atoms with Crippen molar-refractivity contribution in [1.82, 2.24) is 14.8 Å². The molecule has 1 aliphatic carbocycles. The van der Waals surface area contributed by atoms with Crippen LogP contribution in [-0.2, 0) is 5.75 Å². The highest BCUT2D eigenvalue weighted by atomic mass is 35.5. The summed E-state index contributed by atoms with van der Waals surface area (Å²) in [6, 6.07) is 11.3. The van der Waals surface area contributed by atoms with Crippen LogP contribution >= 0.6 is 58.2 Å². The number of rotatable bonds is 5. The molecule has 0 aliphatic heterocycles. The molecule has 8 heteroatoms. The van der Waals surface area contributed by atoms with Gasteiger partial charge in [0.25, 0.3) is 0 Å². The van der Waals surface area contributed by atoms with Gasteiger partial charge in [-0.15, -0.1) is 10.2 Å². The number of halogens is 4. The maximum atomic E-state index is 6.31. The highest BCUT2D eigenvalue weighted by Crippen LogP contribution is 2.37. The van der Waals surface area contributed by atoms with Crippen molar-refractivity contribution in [2.24, 2.45) is 0 Å². The first-order valence-electron chi connectivity index (χ1n) is 9.50. The average Bonchev–Trinajstić information content (AvgIpc) is 3.15. The average molecular weight is 487 g/mol. The first-order chi connectivity index (χ1) is 14.0. The standard InChI is InChI=1S/C21H19Cl4N3S/c22-16-8-6-13(10-18(16)24)12-29-21-27-26-20(14-4-2-1-3-5-14)28(21)15-7-9-17(23)19(25)11-15/h6-11,14H,1-5,12H2. The molecule has 3 nitrogen and oxygen atoms in total. The molecule has 0 atom stereocenters. The van der Waals surface area contributed by atoms with Gasteiger partial charge >= 0.3 is 0 Å². The summed E-state index contributed by atoms with van der Waals surface area (Å²) in [5, 5.41) is 12.1. The Morgan fingerprint density at radius 1 is 0.828 bits per heavy atom.